The third kappa shape index (κ3) is 5.33. The molecule has 0 atom stereocenters. The van der Waals surface area contributed by atoms with Crippen molar-refractivity contribution in [2.75, 3.05) is 12.0 Å². The number of amides is 1. The number of halogens is 2. The summed E-state index contributed by atoms with van der Waals surface area (Å²) in [6.45, 7) is 3.43. The molecule has 1 aliphatic rings. The van der Waals surface area contributed by atoms with E-state index in [0.717, 1.165) is 18.5 Å². The highest BCUT2D eigenvalue weighted by Gasteiger charge is 2.26. The Balaban J connectivity index is 0.000000638. The largest absolute Gasteiger partial charge is 0.306 e. The minimum Gasteiger partial charge on any atom is -0.306 e. The summed E-state index contributed by atoms with van der Waals surface area (Å²) < 4.78 is 27.2. The second kappa shape index (κ2) is 10.3. The molecule has 1 aromatic carbocycles. The average molecular weight is 468 g/mol. The summed E-state index contributed by atoms with van der Waals surface area (Å²) in [4.78, 5) is 25.6. The van der Waals surface area contributed by atoms with E-state index in [2.05, 4.69) is 30.5 Å². The van der Waals surface area contributed by atoms with E-state index in [1.54, 1.807) is 44.4 Å². The van der Waals surface area contributed by atoms with Gasteiger partial charge in [-0.2, -0.15) is 5.10 Å². The first-order valence-corrected chi connectivity index (χ1v) is 11.0. The van der Waals surface area contributed by atoms with Gasteiger partial charge in [0.1, 0.15) is 23.7 Å². The van der Waals surface area contributed by atoms with Crippen LogP contribution in [0.3, 0.4) is 0 Å². The van der Waals surface area contributed by atoms with Gasteiger partial charge in [-0.05, 0) is 56.0 Å². The van der Waals surface area contributed by atoms with Gasteiger partial charge in [-0.1, -0.05) is 13.0 Å². The Labute approximate surface area is 197 Å². The number of imidazole rings is 1. The van der Waals surface area contributed by atoms with Crippen molar-refractivity contribution in [2.24, 2.45) is 0 Å². The number of nitrogens with zero attached hydrogens (tertiary/aromatic N) is 5. The summed E-state index contributed by atoms with van der Waals surface area (Å²) in [6.07, 6.45) is 7.97. The van der Waals surface area contributed by atoms with Crippen molar-refractivity contribution in [2.45, 2.75) is 39.0 Å². The lowest BCUT2D eigenvalue weighted by Crippen LogP contribution is -2.16. The molecular formula is C24H27F2N7O. The fraction of sp³-hybridized carbons (Fsp3) is 0.292. The van der Waals surface area contributed by atoms with E-state index in [1.807, 2.05) is 10.8 Å². The van der Waals surface area contributed by atoms with Crippen molar-refractivity contribution in [1.29, 1.82) is 0 Å². The zero-order valence-electron chi connectivity index (χ0n) is 18.9. The molecule has 0 bridgehead atoms. The van der Waals surface area contributed by atoms with E-state index in [9.17, 15) is 13.6 Å². The Morgan fingerprint density at radius 3 is 2.76 bits per heavy atom. The molecule has 10 heteroatoms. The number of aryl methyl sites for hydroxylation is 1. The van der Waals surface area contributed by atoms with E-state index in [0.29, 0.717) is 35.1 Å². The lowest BCUT2D eigenvalue weighted by Gasteiger charge is -2.11. The Morgan fingerprint density at radius 2 is 2.09 bits per heavy atom. The normalized spacial score (nSPS) is 12.7. The van der Waals surface area contributed by atoms with Crippen LogP contribution in [0.25, 0.3) is 17.2 Å². The summed E-state index contributed by atoms with van der Waals surface area (Å²) in [7, 11) is 0. The van der Waals surface area contributed by atoms with Gasteiger partial charge in [0, 0.05) is 13.5 Å². The van der Waals surface area contributed by atoms with Crippen LogP contribution in [0.4, 0.5) is 14.6 Å². The minimum atomic E-state index is -0.595. The lowest BCUT2D eigenvalue weighted by atomic mass is 10.1. The molecule has 0 unspecified atom stereocenters. The Morgan fingerprint density at radius 1 is 1.29 bits per heavy atom. The Bertz CT molecular complexity index is 1270. The summed E-state index contributed by atoms with van der Waals surface area (Å²) in [5.74, 6) is 0.0919. The maximum Gasteiger partial charge on any atom is 0.259 e. The predicted octanol–water partition coefficient (Wildman–Crippen LogP) is 5.24. The summed E-state index contributed by atoms with van der Waals surface area (Å²) in [6, 6.07) is 7.99. The van der Waals surface area contributed by atoms with Crippen LogP contribution in [0.5, 0.6) is 0 Å². The molecule has 0 radical (unpaired) electrons. The first-order chi connectivity index (χ1) is 16.5. The average Bonchev–Trinajstić information content (AvgIpc) is 3.32. The van der Waals surface area contributed by atoms with Crippen LogP contribution in [-0.2, 0) is 0 Å². The number of H-pyrrole nitrogens is 1. The molecule has 1 amide bonds. The maximum atomic E-state index is 14.6. The first kappa shape index (κ1) is 23.2. The lowest BCUT2D eigenvalue weighted by molar-refractivity contribution is 0.102. The van der Waals surface area contributed by atoms with Crippen LogP contribution in [0.1, 0.15) is 55.1 Å². The van der Waals surface area contributed by atoms with Gasteiger partial charge in [-0.15, -0.1) is 0 Å². The van der Waals surface area contributed by atoms with E-state index in [4.69, 9.17) is 0 Å². The number of pyridine rings is 1. The molecule has 3 aromatic heterocycles. The number of carbonyl (C=O) groups is 1. The number of alkyl halides is 1. The second-order valence-electron chi connectivity index (χ2n) is 7.98. The molecule has 2 N–H and O–H groups in total. The quantitative estimate of drug-likeness (QED) is 0.404. The predicted molar refractivity (Wildman–Crippen MR) is 126 cm³/mol. The van der Waals surface area contributed by atoms with E-state index in [1.165, 1.54) is 12.4 Å². The van der Waals surface area contributed by atoms with Gasteiger partial charge in [0.2, 0.25) is 0 Å². The first-order valence-electron chi connectivity index (χ1n) is 11.0. The third-order valence-corrected chi connectivity index (χ3v) is 5.24. The monoisotopic (exact) mass is 467 g/mol. The van der Waals surface area contributed by atoms with Crippen LogP contribution in [0, 0.1) is 12.7 Å². The van der Waals surface area contributed by atoms with Crippen molar-refractivity contribution in [1.82, 2.24) is 29.7 Å². The Kier molecular flexibility index (Phi) is 7.05. The van der Waals surface area contributed by atoms with E-state index in [-0.39, 0.29) is 19.5 Å². The molecule has 0 aliphatic heterocycles. The van der Waals surface area contributed by atoms with E-state index >= 15 is 0 Å². The third-order valence-electron chi connectivity index (χ3n) is 5.24. The number of hydrogen-bond donors (Lipinski definition) is 2. The molecule has 34 heavy (non-hydrogen) atoms. The van der Waals surface area contributed by atoms with Crippen molar-refractivity contribution < 1.29 is 15.0 Å². The maximum absolute atomic E-state index is 14.6. The standard InChI is InChI=1S/C21H18FN7O.C3H7F.H2/c1-12-7-15(22)14(8-18(12)29-9-17(24-11-29)13-5-6-13)21(30)27-19-4-2-3-16(26-19)20-23-10-25-28-20;1-2-3-4;/h2-4,7-11,13H,5-6H2,1H3,(H,23,25,28)(H,26,27,30);2-3H2,1H3;1H. The summed E-state index contributed by atoms with van der Waals surface area (Å²) >= 11 is 0. The molecule has 178 valence electrons. The van der Waals surface area contributed by atoms with Crippen molar-refractivity contribution in [3.05, 3.63) is 71.8 Å². The zero-order valence-corrected chi connectivity index (χ0v) is 18.9. The topological polar surface area (TPSA) is 101 Å². The van der Waals surface area contributed by atoms with Gasteiger partial charge in [0.05, 0.1) is 29.9 Å². The Hall–Kier alpha value is -3.95. The van der Waals surface area contributed by atoms with Gasteiger partial charge in [-0.25, -0.2) is 19.3 Å². The molecule has 0 spiro atoms. The van der Waals surface area contributed by atoms with Crippen molar-refractivity contribution in [3.63, 3.8) is 0 Å². The van der Waals surface area contributed by atoms with Gasteiger partial charge in [-0.3, -0.25) is 14.3 Å². The molecule has 1 aliphatic carbocycles. The fourth-order valence-corrected chi connectivity index (χ4v) is 3.32. The molecule has 4 aromatic rings. The highest BCUT2D eigenvalue weighted by molar-refractivity contribution is 6.04. The number of hydrogen-bond acceptors (Lipinski definition) is 5. The molecular weight excluding hydrogens is 440 g/mol. The molecule has 0 saturated heterocycles. The molecule has 3 heterocycles. The van der Waals surface area contributed by atoms with Gasteiger partial charge < -0.3 is 9.88 Å². The van der Waals surface area contributed by atoms with Crippen molar-refractivity contribution >= 4 is 11.7 Å². The van der Waals surface area contributed by atoms with Crippen LogP contribution in [-0.4, -0.2) is 42.3 Å². The van der Waals surface area contributed by atoms with Gasteiger partial charge in [0.25, 0.3) is 5.91 Å². The molecule has 8 nitrogen and oxygen atoms in total. The number of aromatic nitrogens is 6. The second-order valence-corrected chi connectivity index (χ2v) is 7.98. The van der Waals surface area contributed by atoms with Crippen LogP contribution in [0.15, 0.2) is 49.2 Å². The highest BCUT2D eigenvalue weighted by Crippen LogP contribution is 2.39. The number of nitrogens with one attached hydrogen (secondary N) is 2. The molecule has 1 saturated carbocycles. The van der Waals surface area contributed by atoms with Crippen LogP contribution in [0.2, 0.25) is 0 Å². The van der Waals surface area contributed by atoms with Crippen LogP contribution < -0.4 is 5.32 Å². The van der Waals surface area contributed by atoms with Crippen LogP contribution >= 0.6 is 0 Å². The van der Waals surface area contributed by atoms with Crippen molar-refractivity contribution in [3.8, 4) is 17.2 Å². The summed E-state index contributed by atoms with van der Waals surface area (Å²) in [5.41, 5.74) is 2.90. The minimum absolute atomic E-state index is 0. The summed E-state index contributed by atoms with van der Waals surface area (Å²) in [5, 5.41) is 9.16. The highest BCUT2D eigenvalue weighted by atomic mass is 19.1. The SMILES string of the molecule is CCCF.Cc1cc(F)c(C(=O)Nc2cccc(-c3ncn[nH]3)n2)cc1-n1cnc(C2CC2)c1.[HH]. The number of anilines is 1. The van der Waals surface area contributed by atoms with E-state index < -0.39 is 11.7 Å². The van der Waals surface area contributed by atoms with Gasteiger partial charge in [0.15, 0.2) is 5.82 Å². The number of benzene rings is 1. The fourth-order valence-electron chi connectivity index (χ4n) is 3.32. The zero-order chi connectivity index (χ0) is 24.1. The number of rotatable bonds is 6. The number of aromatic amines is 1. The molecule has 5 rings (SSSR count). The van der Waals surface area contributed by atoms with Gasteiger partial charge >= 0.3 is 0 Å². The smallest absolute Gasteiger partial charge is 0.259 e. The molecule has 1 fully saturated rings. The number of carbonyl (C=O) groups excluding carboxylic acids is 1.